The van der Waals surface area contributed by atoms with Crippen LogP contribution >= 0.6 is 0 Å². The highest BCUT2D eigenvalue weighted by atomic mass is 16.6. The van der Waals surface area contributed by atoms with E-state index in [0.29, 0.717) is 11.3 Å². The Kier molecular flexibility index (Phi) is 4.10. The van der Waals surface area contributed by atoms with Crippen LogP contribution < -0.4 is 9.47 Å². The number of benzene rings is 2. The molecule has 116 valence electrons. The smallest absolute Gasteiger partial charge is 0.363 e. The molecule has 0 unspecified atom stereocenters. The number of carbonyl (C=O) groups excluding carboxylic acids is 1. The summed E-state index contributed by atoms with van der Waals surface area (Å²) >= 11 is 0. The molecular formula is C18H15NO4. The predicted molar refractivity (Wildman–Crippen MR) is 86.6 cm³/mol. The van der Waals surface area contributed by atoms with Crippen molar-refractivity contribution in [3.05, 3.63) is 65.4 Å². The molecule has 0 atom stereocenters. The summed E-state index contributed by atoms with van der Waals surface area (Å²) in [6, 6.07) is 14.5. The molecule has 0 saturated heterocycles. The van der Waals surface area contributed by atoms with E-state index in [1.165, 1.54) is 0 Å². The summed E-state index contributed by atoms with van der Waals surface area (Å²) < 4.78 is 15.6. The molecule has 1 aliphatic heterocycles. The molecule has 0 bridgehead atoms. The van der Waals surface area contributed by atoms with Gasteiger partial charge in [-0.15, -0.1) is 0 Å². The molecule has 1 heterocycles. The number of hydrogen-bond acceptors (Lipinski definition) is 5. The van der Waals surface area contributed by atoms with Crippen molar-refractivity contribution in [2.45, 2.75) is 0 Å². The number of para-hydroxylation sites is 1. The second-order valence-corrected chi connectivity index (χ2v) is 4.81. The summed E-state index contributed by atoms with van der Waals surface area (Å²) in [5, 5.41) is 0. The number of cyclic esters (lactones) is 1. The number of nitrogens with zero attached hydrogens (tertiary/aromatic N) is 1. The van der Waals surface area contributed by atoms with E-state index in [0.717, 1.165) is 11.3 Å². The van der Waals surface area contributed by atoms with Crippen molar-refractivity contribution < 1.29 is 19.0 Å². The summed E-state index contributed by atoms with van der Waals surface area (Å²) in [4.78, 5) is 16.3. The second kappa shape index (κ2) is 6.36. The summed E-state index contributed by atoms with van der Waals surface area (Å²) in [6.45, 7) is 0. The van der Waals surface area contributed by atoms with Gasteiger partial charge in [0.2, 0.25) is 5.90 Å². The summed E-state index contributed by atoms with van der Waals surface area (Å²) in [5.74, 6) is 1.19. The lowest BCUT2D eigenvalue weighted by Gasteiger charge is -2.03. The molecule has 0 radical (unpaired) electrons. The van der Waals surface area contributed by atoms with Crippen LogP contribution in [-0.4, -0.2) is 26.1 Å². The number of aliphatic imine (C=N–C) groups is 1. The molecule has 2 aromatic rings. The molecule has 0 N–H and O–H groups in total. The summed E-state index contributed by atoms with van der Waals surface area (Å²) in [5.41, 5.74) is 1.71. The number of hydrogen-bond donors (Lipinski definition) is 0. The van der Waals surface area contributed by atoms with E-state index in [1.54, 1.807) is 44.6 Å². The van der Waals surface area contributed by atoms with Crippen LogP contribution in [0.5, 0.6) is 11.5 Å². The number of methoxy groups -OCH3 is 2. The first kappa shape index (κ1) is 14.8. The van der Waals surface area contributed by atoms with E-state index in [2.05, 4.69) is 4.99 Å². The highest BCUT2D eigenvalue weighted by Gasteiger charge is 2.24. The largest absolute Gasteiger partial charge is 0.497 e. The van der Waals surface area contributed by atoms with E-state index in [-0.39, 0.29) is 11.6 Å². The minimum atomic E-state index is -0.485. The third-order valence-electron chi connectivity index (χ3n) is 3.39. The van der Waals surface area contributed by atoms with E-state index in [9.17, 15) is 4.79 Å². The lowest BCUT2D eigenvalue weighted by atomic mass is 10.1. The van der Waals surface area contributed by atoms with Crippen LogP contribution in [0.15, 0.2) is 59.2 Å². The van der Waals surface area contributed by atoms with Gasteiger partial charge in [0.05, 0.1) is 14.2 Å². The zero-order chi connectivity index (χ0) is 16.2. The third kappa shape index (κ3) is 3.08. The molecule has 0 aliphatic carbocycles. The van der Waals surface area contributed by atoms with E-state index in [4.69, 9.17) is 14.2 Å². The zero-order valence-electron chi connectivity index (χ0n) is 12.8. The molecule has 0 saturated carbocycles. The number of esters is 1. The fraction of sp³-hybridized carbons (Fsp3) is 0.111. The van der Waals surface area contributed by atoms with Crippen molar-refractivity contribution in [2.75, 3.05) is 14.2 Å². The molecule has 0 fully saturated rings. The first-order valence-corrected chi connectivity index (χ1v) is 7.01. The molecule has 5 nitrogen and oxygen atoms in total. The Bertz CT molecular complexity index is 791. The molecule has 23 heavy (non-hydrogen) atoms. The van der Waals surface area contributed by atoms with Gasteiger partial charge in [0.15, 0.2) is 5.70 Å². The van der Waals surface area contributed by atoms with Crippen molar-refractivity contribution in [3.8, 4) is 11.5 Å². The highest BCUT2D eigenvalue weighted by Crippen LogP contribution is 2.24. The van der Waals surface area contributed by atoms with Gasteiger partial charge in [-0.3, -0.25) is 0 Å². The van der Waals surface area contributed by atoms with Crippen LogP contribution in [-0.2, 0) is 9.53 Å². The average molecular weight is 309 g/mol. The summed E-state index contributed by atoms with van der Waals surface area (Å²) in [6.07, 6.45) is 1.65. The van der Waals surface area contributed by atoms with Crippen LogP contribution in [0.25, 0.3) is 6.08 Å². The Morgan fingerprint density at radius 3 is 2.43 bits per heavy atom. The molecule has 0 aromatic heterocycles. The normalized spacial score (nSPS) is 15.3. The van der Waals surface area contributed by atoms with Crippen LogP contribution in [0.3, 0.4) is 0 Å². The van der Waals surface area contributed by atoms with E-state index < -0.39 is 5.97 Å². The Balaban J connectivity index is 1.93. The molecule has 1 aliphatic rings. The maximum absolute atomic E-state index is 12.0. The van der Waals surface area contributed by atoms with Crippen molar-refractivity contribution in [1.82, 2.24) is 0 Å². The highest BCUT2D eigenvalue weighted by molar-refractivity contribution is 6.13. The Hall–Kier alpha value is -3.08. The monoisotopic (exact) mass is 309 g/mol. The standard InChI is InChI=1S/C18H15NO4/c1-21-14-9-7-12(8-10-14)17-19-15(18(20)23-17)11-13-5-3-4-6-16(13)22-2/h3-11H,1-2H3. The predicted octanol–water partition coefficient (Wildman–Crippen LogP) is 3.05. The summed E-state index contributed by atoms with van der Waals surface area (Å²) in [7, 11) is 3.17. The minimum Gasteiger partial charge on any atom is -0.497 e. The topological polar surface area (TPSA) is 57.1 Å². The van der Waals surface area contributed by atoms with Crippen LogP contribution in [0.2, 0.25) is 0 Å². The van der Waals surface area contributed by atoms with Crippen molar-refractivity contribution in [3.63, 3.8) is 0 Å². The van der Waals surface area contributed by atoms with E-state index >= 15 is 0 Å². The SMILES string of the molecule is COc1ccc(C2=NC(=Cc3ccccc3OC)C(=O)O2)cc1. The van der Waals surface area contributed by atoms with Gasteiger partial charge in [0, 0.05) is 11.1 Å². The Labute approximate surface area is 133 Å². The van der Waals surface area contributed by atoms with Gasteiger partial charge in [0.1, 0.15) is 11.5 Å². The van der Waals surface area contributed by atoms with Crippen LogP contribution in [0.4, 0.5) is 0 Å². The minimum absolute atomic E-state index is 0.236. The lowest BCUT2D eigenvalue weighted by Crippen LogP contribution is -2.05. The third-order valence-corrected chi connectivity index (χ3v) is 3.39. The Morgan fingerprint density at radius 1 is 1.00 bits per heavy atom. The second-order valence-electron chi connectivity index (χ2n) is 4.81. The number of ether oxygens (including phenoxy) is 3. The molecule has 0 spiro atoms. The maximum atomic E-state index is 12.0. The Morgan fingerprint density at radius 2 is 1.74 bits per heavy atom. The fourth-order valence-electron chi connectivity index (χ4n) is 2.20. The van der Waals surface area contributed by atoms with Gasteiger partial charge in [0.25, 0.3) is 0 Å². The number of rotatable bonds is 4. The van der Waals surface area contributed by atoms with Gasteiger partial charge in [-0.25, -0.2) is 9.79 Å². The van der Waals surface area contributed by atoms with E-state index in [1.807, 2.05) is 24.3 Å². The number of carbonyl (C=O) groups is 1. The molecule has 0 amide bonds. The van der Waals surface area contributed by atoms with Gasteiger partial charge >= 0.3 is 5.97 Å². The molecule has 5 heteroatoms. The van der Waals surface area contributed by atoms with Gasteiger partial charge in [-0.1, -0.05) is 18.2 Å². The van der Waals surface area contributed by atoms with Crippen molar-refractivity contribution in [1.29, 1.82) is 0 Å². The molecule has 2 aromatic carbocycles. The van der Waals surface area contributed by atoms with Crippen LogP contribution in [0.1, 0.15) is 11.1 Å². The first-order valence-electron chi connectivity index (χ1n) is 7.01. The first-order chi connectivity index (χ1) is 11.2. The average Bonchev–Trinajstić information content (AvgIpc) is 2.96. The zero-order valence-corrected chi connectivity index (χ0v) is 12.8. The van der Waals surface area contributed by atoms with Gasteiger partial charge in [-0.05, 0) is 36.4 Å². The maximum Gasteiger partial charge on any atom is 0.363 e. The molecule has 3 rings (SSSR count). The lowest BCUT2D eigenvalue weighted by molar-refractivity contribution is -0.129. The van der Waals surface area contributed by atoms with Gasteiger partial charge in [-0.2, -0.15) is 0 Å². The van der Waals surface area contributed by atoms with Crippen molar-refractivity contribution >= 4 is 17.9 Å². The fourth-order valence-corrected chi connectivity index (χ4v) is 2.20. The van der Waals surface area contributed by atoms with Crippen molar-refractivity contribution in [2.24, 2.45) is 4.99 Å². The van der Waals surface area contributed by atoms with Crippen LogP contribution in [0, 0.1) is 0 Å². The van der Waals surface area contributed by atoms with Gasteiger partial charge < -0.3 is 14.2 Å². The molecular weight excluding hydrogens is 294 g/mol. The quantitative estimate of drug-likeness (QED) is 0.643.